The topological polar surface area (TPSA) is 0 Å². The molecule has 0 amide bonds. The Hall–Kier alpha value is 1.09. The molecule has 0 aromatic heterocycles. The highest BCUT2D eigenvalue weighted by Crippen LogP contribution is 2.53. The van der Waals surface area contributed by atoms with Gasteiger partial charge in [0.25, 0.3) is 0 Å². The molecule has 1 fully saturated rings. The van der Waals surface area contributed by atoms with Crippen molar-refractivity contribution in [3.63, 3.8) is 0 Å². The van der Waals surface area contributed by atoms with Gasteiger partial charge in [0.05, 0.1) is 0 Å². The molecule has 2 atom stereocenters. The second-order valence-corrected chi connectivity index (χ2v) is 14.3. The van der Waals surface area contributed by atoms with Gasteiger partial charge in [-0.15, -0.1) is 33.2 Å². The minimum atomic E-state index is -2.51. The van der Waals surface area contributed by atoms with Crippen LogP contribution in [0.5, 0.6) is 0 Å². The first-order valence-electron chi connectivity index (χ1n) is 5.29. The van der Waals surface area contributed by atoms with Crippen molar-refractivity contribution in [1.29, 1.82) is 0 Å². The Labute approximate surface area is 102 Å². The van der Waals surface area contributed by atoms with E-state index in [-0.39, 0.29) is 5.41 Å². The Morgan fingerprint density at radius 1 is 1.00 bits per heavy atom. The maximum Gasteiger partial charge on any atom is 0.344 e. The Balaban J connectivity index is 2.80. The first kappa shape index (κ1) is 13.2. The van der Waals surface area contributed by atoms with E-state index in [0.717, 1.165) is 6.42 Å². The molecule has 84 valence electrons. The number of rotatable bonds is 1. The third-order valence-corrected chi connectivity index (χ3v) is 7.35. The minimum absolute atomic E-state index is 0.280. The summed E-state index contributed by atoms with van der Waals surface area (Å²) < 4.78 is 0. The predicted octanol–water partition coefficient (Wildman–Crippen LogP) is 5.25. The average molecular weight is 274 g/mol. The quantitative estimate of drug-likeness (QED) is 0.452. The van der Waals surface area contributed by atoms with Crippen LogP contribution in [0.2, 0.25) is 5.54 Å². The summed E-state index contributed by atoms with van der Waals surface area (Å²) in [6.45, 7) is 6.79. The Morgan fingerprint density at radius 3 is 1.86 bits per heavy atom. The van der Waals surface area contributed by atoms with Gasteiger partial charge >= 0.3 is 6.00 Å². The summed E-state index contributed by atoms with van der Waals surface area (Å²) in [7, 11) is 0. The van der Waals surface area contributed by atoms with Crippen LogP contribution in [0.15, 0.2) is 0 Å². The standard InChI is InChI=1S/C10H19Cl3Si/c1-10(2,3)8-6-4-5-7-9(8)14(11,12)13/h8-9H,4-7H2,1-3H3. The molecule has 0 saturated heterocycles. The Kier molecular flexibility index (Phi) is 4.25. The molecule has 0 spiro atoms. The van der Waals surface area contributed by atoms with E-state index in [0.29, 0.717) is 11.5 Å². The lowest BCUT2D eigenvalue weighted by Gasteiger charge is -2.42. The molecule has 2 unspecified atom stereocenters. The highest BCUT2D eigenvalue weighted by atomic mass is 35.8. The van der Waals surface area contributed by atoms with Crippen molar-refractivity contribution in [2.45, 2.75) is 52.0 Å². The molecule has 0 nitrogen and oxygen atoms in total. The third kappa shape index (κ3) is 3.30. The van der Waals surface area contributed by atoms with Gasteiger partial charge < -0.3 is 0 Å². The van der Waals surface area contributed by atoms with E-state index in [9.17, 15) is 0 Å². The fourth-order valence-electron chi connectivity index (χ4n) is 2.56. The highest BCUT2D eigenvalue weighted by molar-refractivity contribution is 7.65. The Bertz CT molecular complexity index is 171. The van der Waals surface area contributed by atoms with Crippen LogP contribution in [0.25, 0.3) is 0 Å². The molecule has 4 heteroatoms. The summed E-state index contributed by atoms with van der Waals surface area (Å²) in [4.78, 5) is 0. The second-order valence-electron chi connectivity index (χ2n) is 5.41. The van der Waals surface area contributed by atoms with Crippen molar-refractivity contribution in [3.05, 3.63) is 0 Å². The lowest BCUT2D eigenvalue weighted by atomic mass is 9.72. The van der Waals surface area contributed by atoms with Crippen molar-refractivity contribution in [2.24, 2.45) is 11.3 Å². The first-order chi connectivity index (χ1) is 6.23. The molecular formula is C10H19Cl3Si. The normalized spacial score (nSPS) is 30.4. The van der Waals surface area contributed by atoms with Crippen molar-refractivity contribution < 1.29 is 0 Å². The van der Waals surface area contributed by atoms with Gasteiger partial charge in [0.15, 0.2) is 0 Å². The summed E-state index contributed by atoms with van der Waals surface area (Å²) in [5.41, 5.74) is 0.642. The Morgan fingerprint density at radius 2 is 1.50 bits per heavy atom. The molecule has 1 aliphatic rings. The molecule has 1 saturated carbocycles. The van der Waals surface area contributed by atoms with E-state index in [2.05, 4.69) is 20.8 Å². The molecular weight excluding hydrogens is 255 g/mol. The molecule has 1 aliphatic carbocycles. The van der Waals surface area contributed by atoms with Gasteiger partial charge in [0.2, 0.25) is 0 Å². The van der Waals surface area contributed by atoms with Crippen molar-refractivity contribution in [1.82, 2.24) is 0 Å². The molecule has 0 heterocycles. The largest absolute Gasteiger partial charge is 0.344 e. The molecule has 0 N–H and O–H groups in total. The molecule has 0 aromatic rings. The lowest BCUT2D eigenvalue weighted by molar-refractivity contribution is 0.179. The molecule has 1 rings (SSSR count). The zero-order valence-corrected chi connectivity index (χ0v) is 12.4. The second kappa shape index (κ2) is 4.53. The monoisotopic (exact) mass is 272 g/mol. The summed E-state index contributed by atoms with van der Waals surface area (Å²) in [6, 6.07) is -2.51. The van der Waals surface area contributed by atoms with E-state index in [1.165, 1.54) is 19.3 Å². The van der Waals surface area contributed by atoms with Gasteiger partial charge in [-0.3, -0.25) is 0 Å². The third-order valence-electron chi connectivity index (χ3n) is 3.30. The molecule has 0 aliphatic heterocycles. The number of halogens is 3. The average Bonchev–Trinajstić information content (AvgIpc) is 2.01. The SMILES string of the molecule is CC(C)(C)C1CCCCC1[Si](Cl)(Cl)Cl. The van der Waals surface area contributed by atoms with Gasteiger partial charge in [-0.1, -0.05) is 33.6 Å². The fourth-order valence-corrected chi connectivity index (χ4v) is 6.56. The molecule has 0 bridgehead atoms. The maximum absolute atomic E-state index is 6.18. The van der Waals surface area contributed by atoms with Gasteiger partial charge in [0.1, 0.15) is 0 Å². The zero-order valence-electron chi connectivity index (χ0n) is 9.12. The molecule has 0 aromatic carbocycles. The highest BCUT2D eigenvalue weighted by Gasteiger charge is 2.46. The van der Waals surface area contributed by atoms with E-state index >= 15 is 0 Å². The van der Waals surface area contributed by atoms with Gasteiger partial charge in [-0.05, 0) is 29.7 Å². The van der Waals surface area contributed by atoms with E-state index in [1.807, 2.05) is 0 Å². The summed E-state index contributed by atoms with van der Waals surface area (Å²) in [5, 5.41) is 0. The van der Waals surface area contributed by atoms with Crippen molar-refractivity contribution in [3.8, 4) is 0 Å². The summed E-state index contributed by atoms with van der Waals surface area (Å²) in [6.07, 6.45) is 4.88. The molecule has 0 radical (unpaired) electrons. The van der Waals surface area contributed by atoms with Crippen LogP contribution in [-0.2, 0) is 0 Å². The van der Waals surface area contributed by atoms with Gasteiger partial charge in [0, 0.05) is 0 Å². The van der Waals surface area contributed by atoms with Crippen molar-refractivity contribution >= 4 is 39.2 Å². The number of hydrogen-bond acceptors (Lipinski definition) is 0. The van der Waals surface area contributed by atoms with Crippen LogP contribution in [0.1, 0.15) is 46.5 Å². The van der Waals surface area contributed by atoms with E-state index in [1.54, 1.807) is 0 Å². The van der Waals surface area contributed by atoms with Crippen LogP contribution >= 0.6 is 33.2 Å². The van der Waals surface area contributed by atoms with Gasteiger partial charge in [-0.2, -0.15) is 0 Å². The van der Waals surface area contributed by atoms with Crippen LogP contribution in [0, 0.1) is 11.3 Å². The lowest BCUT2D eigenvalue weighted by Crippen LogP contribution is -2.36. The minimum Gasteiger partial charge on any atom is -0.126 e. The van der Waals surface area contributed by atoms with E-state index < -0.39 is 6.00 Å². The van der Waals surface area contributed by atoms with Crippen molar-refractivity contribution in [2.75, 3.05) is 0 Å². The molecule has 14 heavy (non-hydrogen) atoms. The number of hydrogen-bond donors (Lipinski definition) is 0. The van der Waals surface area contributed by atoms with Gasteiger partial charge in [-0.25, -0.2) is 0 Å². The zero-order chi connectivity index (χ0) is 11.0. The fraction of sp³-hybridized carbons (Fsp3) is 1.00. The van der Waals surface area contributed by atoms with Crippen LogP contribution < -0.4 is 0 Å². The van der Waals surface area contributed by atoms with Crippen LogP contribution in [0.4, 0.5) is 0 Å². The summed E-state index contributed by atoms with van der Waals surface area (Å²) in [5.74, 6) is 0.593. The maximum atomic E-state index is 6.18. The van der Waals surface area contributed by atoms with E-state index in [4.69, 9.17) is 33.2 Å². The van der Waals surface area contributed by atoms with Crippen LogP contribution in [0.3, 0.4) is 0 Å². The van der Waals surface area contributed by atoms with Crippen LogP contribution in [-0.4, -0.2) is 6.00 Å². The first-order valence-corrected chi connectivity index (χ1v) is 10.4. The predicted molar refractivity (Wildman–Crippen MR) is 68.5 cm³/mol. The summed E-state index contributed by atoms with van der Waals surface area (Å²) >= 11 is 18.5. The smallest absolute Gasteiger partial charge is 0.126 e.